The van der Waals surface area contributed by atoms with E-state index in [4.69, 9.17) is 4.74 Å². The van der Waals surface area contributed by atoms with Crippen LogP contribution in [0, 0.1) is 23.3 Å². The van der Waals surface area contributed by atoms with Gasteiger partial charge < -0.3 is 14.6 Å². The molecule has 3 aromatic carbocycles. The maximum atomic E-state index is 14.1. The molecule has 1 aromatic heterocycles. The number of pyridine rings is 1. The molecule has 0 saturated heterocycles. The molecule has 0 radical (unpaired) electrons. The highest BCUT2D eigenvalue weighted by Crippen LogP contribution is 2.34. The Morgan fingerprint density at radius 2 is 1.54 bits per heavy atom. The lowest BCUT2D eigenvalue weighted by molar-refractivity contribution is 0.0335. The molecule has 5 rings (SSSR count). The predicted octanol–water partition coefficient (Wildman–Crippen LogP) is 5.10. The molecule has 1 aliphatic rings. The first-order chi connectivity index (χ1) is 16.7. The number of carbonyl (C=O) groups is 1. The lowest BCUT2D eigenvalue weighted by atomic mass is 9.95. The van der Waals surface area contributed by atoms with E-state index in [-0.39, 0.29) is 24.0 Å². The molecule has 1 aliphatic heterocycles. The average molecular weight is 482 g/mol. The van der Waals surface area contributed by atoms with E-state index in [0.717, 1.165) is 18.2 Å². The maximum Gasteiger partial charge on any atom is 0.256 e. The second-order valence-corrected chi connectivity index (χ2v) is 8.34. The number of aromatic amines is 1. The minimum atomic E-state index is -1.14. The standard InChI is InChI=1S/C26H18F4N2O3/c1-32(26(34)14-4-2-13(3-5-14)15-6-16(27)8-17(28)7-15)23-12-35-11-22-24(23)18-9-20(29)21(30)10-19(18)25(33)31-22/h2-10,23H,11-12H2,1H3,(H,31,33)/t23-/m1/s1. The summed E-state index contributed by atoms with van der Waals surface area (Å²) in [7, 11) is 1.54. The molecule has 35 heavy (non-hydrogen) atoms. The van der Waals surface area contributed by atoms with Gasteiger partial charge in [-0.15, -0.1) is 0 Å². The zero-order valence-electron chi connectivity index (χ0n) is 18.4. The Labute approximate surface area is 196 Å². The molecule has 0 bridgehead atoms. The van der Waals surface area contributed by atoms with Gasteiger partial charge in [0.1, 0.15) is 11.6 Å². The highest BCUT2D eigenvalue weighted by molar-refractivity contribution is 5.95. The lowest BCUT2D eigenvalue weighted by Crippen LogP contribution is -2.37. The fourth-order valence-electron chi connectivity index (χ4n) is 4.42. The summed E-state index contributed by atoms with van der Waals surface area (Å²) in [6.45, 7) is 0.132. The monoisotopic (exact) mass is 482 g/mol. The molecule has 4 aromatic rings. The number of H-pyrrole nitrogens is 1. The van der Waals surface area contributed by atoms with E-state index in [2.05, 4.69) is 4.98 Å². The van der Waals surface area contributed by atoms with Crippen LogP contribution in [-0.4, -0.2) is 29.4 Å². The molecule has 2 heterocycles. The first kappa shape index (κ1) is 22.8. The van der Waals surface area contributed by atoms with Gasteiger partial charge >= 0.3 is 0 Å². The van der Waals surface area contributed by atoms with Crippen LogP contribution < -0.4 is 5.56 Å². The predicted molar refractivity (Wildman–Crippen MR) is 121 cm³/mol. The number of rotatable bonds is 3. The number of halogens is 4. The van der Waals surface area contributed by atoms with E-state index in [1.54, 1.807) is 12.1 Å². The van der Waals surface area contributed by atoms with E-state index in [0.29, 0.717) is 27.9 Å². The van der Waals surface area contributed by atoms with Crippen LogP contribution in [-0.2, 0) is 11.3 Å². The Morgan fingerprint density at radius 1 is 0.914 bits per heavy atom. The van der Waals surface area contributed by atoms with Crippen LogP contribution in [0.3, 0.4) is 0 Å². The molecule has 0 unspecified atom stereocenters. The first-order valence-corrected chi connectivity index (χ1v) is 10.7. The zero-order valence-corrected chi connectivity index (χ0v) is 18.4. The number of aromatic nitrogens is 1. The Hall–Kier alpha value is -3.98. The number of fused-ring (bicyclic) bond motifs is 3. The van der Waals surface area contributed by atoms with E-state index in [9.17, 15) is 27.2 Å². The fourth-order valence-corrected chi connectivity index (χ4v) is 4.42. The number of benzene rings is 3. The Balaban J connectivity index is 1.50. The number of hydrogen-bond acceptors (Lipinski definition) is 3. The third kappa shape index (κ3) is 4.08. The molecule has 178 valence electrons. The molecule has 5 nitrogen and oxygen atoms in total. The SMILES string of the molecule is CN(C(=O)c1ccc(-c2cc(F)cc(F)c2)cc1)[C@@H]1COCc2[nH]c(=O)c3cc(F)c(F)cc3c21. The molecule has 0 aliphatic carbocycles. The van der Waals surface area contributed by atoms with E-state index < -0.39 is 40.8 Å². The minimum Gasteiger partial charge on any atom is -0.373 e. The number of nitrogens with zero attached hydrogens (tertiary/aromatic N) is 1. The summed E-state index contributed by atoms with van der Waals surface area (Å²) in [6.07, 6.45) is 0. The smallest absolute Gasteiger partial charge is 0.256 e. The number of hydrogen-bond donors (Lipinski definition) is 1. The van der Waals surface area contributed by atoms with Crippen molar-refractivity contribution < 1.29 is 27.1 Å². The van der Waals surface area contributed by atoms with Crippen molar-refractivity contribution >= 4 is 16.7 Å². The molecule has 1 amide bonds. The molecule has 0 spiro atoms. The van der Waals surface area contributed by atoms with Gasteiger partial charge in [0.05, 0.1) is 24.6 Å². The Kier molecular flexibility index (Phi) is 5.64. The quantitative estimate of drug-likeness (QED) is 0.414. The van der Waals surface area contributed by atoms with Gasteiger partial charge in [-0.3, -0.25) is 9.59 Å². The molecular weight excluding hydrogens is 464 g/mol. The van der Waals surface area contributed by atoms with Gasteiger partial charge in [-0.2, -0.15) is 0 Å². The molecule has 0 fully saturated rings. The van der Waals surface area contributed by atoms with Crippen molar-refractivity contribution in [2.24, 2.45) is 0 Å². The molecule has 1 atom stereocenters. The lowest BCUT2D eigenvalue weighted by Gasteiger charge is -2.34. The van der Waals surface area contributed by atoms with Gasteiger partial charge in [0.2, 0.25) is 0 Å². The van der Waals surface area contributed by atoms with Crippen LogP contribution >= 0.6 is 0 Å². The Morgan fingerprint density at radius 3 is 2.20 bits per heavy atom. The van der Waals surface area contributed by atoms with Crippen LogP contribution in [0.15, 0.2) is 59.4 Å². The number of nitrogens with one attached hydrogen (secondary N) is 1. The van der Waals surface area contributed by atoms with Gasteiger partial charge in [-0.05, 0) is 52.9 Å². The Bertz CT molecular complexity index is 1510. The van der Waals surface area contributed by atoms with Crippen molar-refractivity contribution in [2.45, 2.75) is 12.6 Å². The van der Waals surface area contributed by atoms with Crippen LogP contribution in [0.5, 0.6) is 0 Å². The minimum absolute atomic E-state index is 0.0259. The molecular formula is C26H18F4N2O3. The topological polar surface area (TPSA) is 62.4 Å². The molecule has 1 N–H and O–H groups in total. The van der Waals surface area contributed by atoms with Crippen LogP contribution in [0.25, 0.3) is 21.9 Å². The van der Waals surface area contributed by atoms with Crippen LogP contribution in [0.1, 0.15) is 27.7 Å². The normalized spacial score (nSPS) is 15.2. The van der Waals surface area contributed by atoms with Crippen molar-refractivity contribution in [1.29, 1.82) is 0 Å². The summed E-state index contributed by atoms with van der Waals surface area (Å²) < 4.78 is 60.6. The first-order valence-electron chi connectivity index (χ1n) is 10.7. The van der Waals surface area contributed by atoms with Gasteiger partial charge in [0.15, 0.2) is 11.6 Å². The van der Waals surface area contributed by atoms with E-state index in [1.807, 2.05) is 0 Å². The second-order valence-electron chi connectivity index (χ2n) is 8.34. The largest absolute Gasteiger partial charge is 0.373 e. The summed E-state index contributed by atoms with van der Waals surface area (Å²) in [5.74, 6) is -4.07. The van der Waals surface area contributed by atoms with E-state index >= 15 is 0 Å². The zero-order chi connectivity index (χ0) is 24.9. The number of amides is 1. The fraction of sp³-hybridized carbons (Fsp3) is 0.154. The van der Waals surface area contributed by atoms with E-state index in [1.165, 1.54) is 36.2 Å². The summed E-state index contributed by atoms with van der Waals surface area (Å²) in [6, 6.07) is 10.5. The van der Waals surface area contributed by atoms with Gasteiger partial charge in [0, 0.05) is 29.9 Å². The third-order valence-corrected chi connectivity index (χ3v) is 6.16. The van der Waals surface area contributed by atoms with Crippen LogP contribution in [0.2, 0.25) is 0 Å². The van der Waals surface area contributed by atoms with Gasteiger partial charge in [-0.25, -0.2) is 17.6 Å². The van der Waals surface area contributed by atoms with Crippen molar-refractivity contribution in [3.63, 3.8) is 0 Å². The molecule has 9 heteroatoms. The molecule has 0 saturated carbocycles. The summed E-state index contributed by atoms with van der Waals surface area (Å²) >= 11 is 0. The highest BCUT2D eigenvalue weighted by Gasteiger charge is 2.31. The van der Waals surface area contributed by atoms with Crippen LogP contribution in [0.4, 0.5) is 17.6 Å². The van der Waals surface area contributed by atoms with Crippen molar-refractivity contribution in [2.75, 3.05) is 13.7 Å². The number of ether oxygens (including phenoxy) is 1. The number of likely N-dealkylation sites (N-methyl/N-ethyl adjacent to an activating group) is 1. The third-order valence-electron chi connectivity index (χ3n) is 6.16. The highest BCUT2D eigenvalue weighted by atomic mass is 19.2. The van der Waals surface area contributed by atoms with Gasteiger partial charge in [0.25, 0.3) is 11.5 Å². The summed E-state index contributed by atoms with van der Waals surface area (Å²) in [4.78, 5) is 29.7. The maximum absolute atomic E-state index is 14.1. The van der Waals surface area contributed by atoms with Crippen molar-refractivity contribution in [1.82, 2.24) is 9.88 Å². The van der Waals surface area contributed by atoms with Crippen molar-refractivity contribution in [3.8, 4) is 11.1 Å². The van der Waals surface area contributed by atoms with Crippen molar-refractivity contribution in [3.05, 3.63) is 105 Å². The summed E-state index contributed by atoms with van der Waals surface area (Å²) in [5, 5.41) is 0.182. The summed E-state index contributed by atoms with van der Waals surface area (Å²) in [5.41, 5.74) is 1.43. The second kappa shape index (κ2) is 8.66. The average Bonchev–Trinajstić information content (AvgIpc) is 2.83. The number of carbonyl (C=O) groups excluding carboxylic acids is 1. The van der Waals surface area contributed by atoms with Gasteiger partial charge in [-0.1, -0.05) is 12.1 Å².